The Labute approximate surface area is 145 Å². The molecule has 0 aliphatic carbocycles. The van der Waals surface area contributed by atoms with Crippen molar-refractivity contribution < 1.29 is 14.3 Å². The zero-order valence-corrected chi connectivity index (χ0v) is 14.6. The lowest BCUT2D eigenvalue weighted by Gasteiger charge is -2.23. The lowest BCUT2D eigenvalue weighted by atomic mass is 10.2. The molecule has 2 aromatic rings. The molecule has 0 aliphatic rings. The van der Waals surface area contributed by atoms with Gasteiger partial charge in [0.1, 0.15) is 5.75 Å². The summed E-state index contributed by atoms with van der Waals surface area (Å²) in [7, 11) is 3.17. The van der Waals surface area contributed by atoms with Gasteiger partial charge in [0, 0.05) is 17.6 Å². The Bertz CT molecular complexity index is 656. The summed E-state index contributed by atoms with van der Waals surface area (Å²) < 4.78 is 5.16. The number of likely N-dealkylation sites (N-methyl/N-ethyl adjacent to an activating group) is 1. The van der Waals surface area contributed by atoms with E-state index in [0.29, 0.717) is 6.54 Å². The van der Waals surface area contributed by atoms with Crippen LogP contribution in [-0.4, -0.2) is 39.1 Å². The first kappa shape index (κ1) is 18.0. The highest BCUT2D eigenvalue weighted by Gasteiger charge is 2.17. The Morgan fingerprint density at radius 2 is 1.92 bits per heavy atom. The molecule has 0 fully saturated rings. The molecule has 0 radical (unpaired) electrons. The van der Waals surface area contributed by atoms with Gasteiger partial charge in [0.15, 0.2) is 0 Å². The number of nitrogens with zero attached hydrogens (tertiary/aromatic N) is 1. The van der Waals surface area contributed by atoms with Crippen LogP contribution in [0.3, 0.4) is 0 Å². The van der Waals surface area contributed by atoms with Crippen LogP contribution in [0.1, 0.15) is 4.88 Å². The maximum Gasteiger partial charge on any atom is 0.241 e. The summed E-state index contributed by atoms with van der Waals surface area (Å²) in [5.74, 6) is 0.481. The predicted octanol–water partition coefficient (Wildman–Crippen LogP) is 1.63. The van der Waals surface area contributed by atoms with Gasteiger partial charge in [-0.3, -0.25) is 14.9 Å². The van der Waals surface area contributed by atoms with E-state index in [4.69, 9.17) is 4.74 Å². The van der Waals surface area contributed by atoms with E-state index in [0.717, 1.165) is 16.3 Å². The van der Waals surface area contributed by atoms with Crippen LogP contribution in [0, 0.1) is 0 Å². The van der Waals surface area contributed by atoms with E-state index in [2.05, 4.69) is 10.6 Å². The number of thiophene rings is 1. The van der Waals surface area contributed by atoms with Crippen molar-refractivity contribution in [2.24, 2.45) is 0 Å². The summed E-state index contributed by atoms with van der Waals surface area (Å²) in [5.41, 5.74) is 0.788. The molecule has 0 saturated heterocycles. The number of ether oxygens (including phenoxy) is 1. The van der Waals surface area contributed by atoms with E-state index in [1.165, 1.54) is 0 Å². The highest BCUT2D eigenvalue weighted by molar-refractivity contribution is 7.09. The van der Waals surface area contributed by atoms with Crippen molar-refractivity contribution in [3.05, 3.63) is 46.7 Å². The summed E-state index contributed by atoms with van der Waals surface area (Å²) in [6.07, 6.45) is 0. The van der Waals surface area contributed by atoms with Crippen molar-refractivity contribution in [1.82, 2.24) is 10.6 Å². The molecule has 0 saturated carbocycles. The van der Waals surface area contributed by atoms with Gasteiger partial charge in [-0.2, -0.15) is 0 Å². The van der Waals surface area contributed by atoms with Gasteiger partial charge in [0.25, 0.3) is 0 Å². The molecular formula is C17H21N3O3S. The first-order valence-electron chi connectivity index (χ1n) is 7.52. The monoisotopic (exact) mass is 347 g/mol. The van der Waals surface area contributed by atoms with Gasteiger partial charge in [-0.25, -0.2) is 0 Å². The van der Waals surface area contributed by atoms with E-state index in [1.54, 1.807) is 30.4 Å². The second-order valence-corrected chi connectivity index (χ2v) is 6.07. The lowest BCUT2D eigenvalue weighted by Crippen LogP contribution is -2.41. The summed E-state index contributed by atoms with van der Waals surface area (Å²) in [6, 6.07) is 11.3. The smallest absolute Gasteiger partial charge is 0.241 e. The molecule has 7 heteroatoms. The molecule has 1 heterocycles. The molecule has 0 spiro atoms. The van der Waals surface area contributed by atoms with Gasteiger partial charge in [0.2, 0.25) is 11.8 Å². The molecular weight excluding hydrogens is 326 g/mol. The third-order valence-electron chi connectivity index (χ3n) is 3.42. The van der Waals surface area contributed by atoms with E-state index < -0.39 is 0 Å². The number of rotatable bonds is 8. The number of anilines is 1. The predicted molar refractivity (Wildman–Crippen MR) is 95.4 cm³/mol. The van der Waals surface area contributed by atoms with Gasteiger partial charge in [-0.05, 0) is 35.7 Å². The van der Waals surface area contributed by atoms with Crippen LogP contribution < -0.4 is 20.3 Å². The third-order valence-corrected chi connectivity index (χ3v) is 4.28. The first-order valence-corrected chi connectivity index (χ1v) is 8.40. The fourth-order valence-corrected chi connectivity index (χ4v) is 2.80. The first-order chi connectivity index (χ1) is 11.6. The molecule has 0 unspecified atom stereocenters. The van der Waals surface area contributed by atoms with Crippen LogP contribution in [0.5, 0.6) is 5.75 Å². The maximum atomic E-state index is 12.6. The van der Waals surface area contributed by atoms with Gasteiger partial charge in [-0.15, -0.1) is 11.3 Å². The highest BCUT2D eigenvalue weighted by atomic mass is 32.1. The molecule has 6 nitrogen and oxygen atoms in total. The number of nitrogens with one attached hydrogen (secondary N) is 2. The van der Waals surface area contributed by atoms with E-state index in [9.17, 15) is 9.59 Å². The quantitative estimate of drug-likeness (QED) is 0.761. The number of carbonyl (C=O) groups is 2. The van der Waals surface area contributed by atoms with Gasteiger partial charge < -0.3 is 15.0 Å². The van der Waals surface area contributed by atoms with E-state index in [-0.39, 0.29) is 24.9 Å². The summed E-state index contributed by atoms with van der Waals surface area (Å²) in [5, 5.41) is 7.36. The van der Waals surface area contributed by atoms with Crippen molar-refractivity contribution in [2.75, 3.05) is 32.1 Å². The topological polar surface area (TPSA) is 70.7 Å². The average molecular weight is 347 g/mol. The van der Waals surface area contributed by atoms with Gasteiger partial charge in [-0.1, -0.05) is 6.07 Å². The molecule has 0 bridgehead atoms. The summed E-state index contributed by atoms with van der Waals surface area (Å²) in [4.78, 5) is 26.6. The third kappa shape index (κ3) is 5.07. The Balaban J connectivity index is 2.09. The molecule has 0 atom stereocenters. The molecule has 24 heavy (non-hydrogen) atoms. The van der Waals surface area contributed by atoms with Gasteiger partial charge >= 0.3 is 0 Å². The standard InChI is InChI=1S/C17H21N3O3S/c1-18-16(21)10-19-11-17(22)20(12-15-4-3-9-24-15)13-5-7-14(23-2)8-6-13/h3-9,19H,10-12H2,1-2H3,(H,18,21). The molecule has 1 aromatic heterocycles. The van der Waals surface area contributed by atoms with Gasteiger partial charge in [0.05, 0.1) is 26.7 Å². The SMILES string of the molecule is CNC(=O)CNCC(=O)N(Cc1cccs1)c1ccc(OC)cc1. The Kier molecular flexibility index (Phi) is 6.77. The average Bonchev–Trinajstić information content (AvgIpc) is 3.12. The Hall–Kier alpha value is -2.38. The second-order valence-electron chi connectivity index (χ2n) is 5.03. The highest BCUT2D eigenvalue weighted by Crippen LogP contribution is 2.22. The number of amides is 2. The summed E-state index contributed by atoms with van der Waals surface area (Å²) >= 11 is 1.60. The lowest BCUT2D eigenvalue weighted by molar-refractivity contribution is -0.120. The molecule has 2 amide bonds. The number of benzene rings is 1. The van der Waals surface area contributed by atoms with Crippen LogP contribution in [0.15, 0.2) is 41.8 Å². The van der Waals surface area contributed by atoms with Crippen LogP contribution in [0.2, 0.25) is 0 Å². The molecule has 1 aromatic carbocycles. The fourth-order valence-electron chi connectivity index (χ4n) is 2.11. The van der Waals surface area contributed by atoms with Crippen molar-refractivity contribution in [1.29, 1.82) is 0 Å². The molecule has 128 valence electrons. The normalized spacial score (nSPS) is 10.2. The Morgan fingerprint density at radius 1 is 1.17 bits per heavy atom. The van der Waals surface area contributed by atoms with Crippen molar-refractivity contribution in [3.63, 3.8) is 0 Å². The fraction of sp³-hybridized carbons (Fsp3) is 0.294. The van der Waals surface area contributed by atoms with Crippen molar-refractivity contribution in [2.45, 2.75) is 6.54 Å². The molecule has 2 N–H and O–H groups in total. The minimum Gasteiger partial charge on any atom is -0.497 e. The van der Waals surface area contributed by atoms with Crippen LogP contribution in [0.25, 0.3) is 0 Å². The van der Waals surface area contributed by atoms with E-state index >= 15 is 0 Å². The van der Waals surface area contributed by atoms with Crippen molar-refractivity contribution >= 4 is 28.8 Å². The van der Waals surface area contributed by atoms with Crippen LogP contribution >= 0.6 is 11.3 Å². The zero-order valence-electron chi connectivity index (χ0n) is 13.7. The van der Waals surface area contributed by atoms with Crippen LogP contribution in [0.4, 0.5) is 5.69 Å². The minimum absolute atomic E-state index is 0.0881. The number of hydrogen-bond donors (Lipinski definition) is 2. The number of hydrogen-bond acceptors (Lipinski definition) is 5. The number of carbonyl (C=O) groups excluding carboxylic acids is 2. The summed E-state index contributed by atoms with van der Waals surface area (Å²) in [6.45, 7) is 0.688. The van der Waals surface area contributed by atoms with Crippen LogP contribution in [-0.2, 0) is 16.1 Å². The maximum absolute atomic E-state index is 12.6. The second kappa shape index (κ2) is 9.05. The molecule has 0 aliphatic heterocycles. The van der Waals surface area contributed by atoms with E-state index in [1.807, 2.05) is 41.8 Å². The minimum atomic E-state index is -0.156. The molecule has 2 rings (SSSR count). The Morgan fingerprint density at radius 3 is 2.50 bits per heavy atom. The number of methoxy groups -OCH3 is 1. The zero-order chi connectivity index (χ0) is 17.4. The van der Waals surface area contributed by atoms with Crippen molar-refractivity contribution in [3.8, 4) is 5.75 Å². The largest absolute Gasteiger partial charge is 0.497 e.